The minimum absolute atomic E-state index is 0.0546. The number of nitrogens with one attached hydrogen (secondary N) is 1. The molecule has 1 aromatic carbocycles. The lowest BCUT2D eigenvalue weighted by Gasteiger charge is -2.23. The Morgan fingerprint density at radius 3 is 2.64 bits per heavy atom. The maximum absolute atomic E-state index is 10.6. The number of benzene rings is 1. The molecule has 0 aliphatic carbocycles. The summed E-state index contributed by atoms with van der Waals surface area (Å²) in [4.78, 5) is 20.6. The lowest BCUT2D eigenvalue weighted by Crippen LogP contribution is -2.30. The first-order valence-corrected chi connectivity index (χ1v) is 6.86. The molecule has 1 rings (SSSR count). The second kappa shape index (κ2) is 8.78. The molecule has 2 N–H and O–H groups in total. The van der Waals surface area contributed by atoms with Crippen LogP contribution in [0.15, 0.2) is 36.9 Å². The quantitative estimate of drug-likeness (QED) is 0.316. The van der Waals surface area contributed by atoms with Gasteiger partial charge >= 0.3 is 6.09 Å². The van der Waals surface area contributed by atoms with E-state index >= 15 is 0 Å². The molecule has 0 aromatic heterocycles. The molecule has 0 saturated heterocycles. The third-order valence-electron chi connectivity index (χ3n) is 3.35. The van der Waals surface area contributed by atoms with Crippen molar-refractivity contribution in [3.63, 3.8) is 0 Å². The van der Waals surface area contributed by atoms with Gasteiger partial charge in [-0.05, 0) is 31.2 Å². The summed E-state index contributed by atoms with van der Waals surface area (Å²) in [6.07, 6.45) is 1.83. The van der Waals surface area contributed by atoms with Gasteiger partial charge in [0.05, 0.1) is 11.0 Å². The second-order valence-corrected chi connectivity index (χ2v) is 4.91. The van der Waals surface area contributed by atoms with E-state index in [2.05, 4.69) is 11.9 Å². The molecule has 0 heterocycles. The van der Waals surface area contributed by atoms with E-state index in [1.165, 1.54) is 12.1 Å². The number of nitro groups is 1. The molecule has 2 atom stereocenters. The Labute approximate surface area is 128 Å². The standard InChI is InChI=1S/C15H20N2O5/c1-3-4-13(11(2)22-10-16-15(18)19)9-12-5-7-14(8-6-12)17(20)21/h3,5-8,11,13,16H,1,4,9-10H2,2H3,(H,18,19). The molecule has 0 saturated carbocycles. The zero-order chi connectivity index (χ0) is 16.5. The first kappa shape index (κ1) is 17.6. The summed E-state index contributed by atoms with van der Waals surface area (Å²) >= 11 is 0. The van der Waals surface area contributed by atoms with Gasteiger partial charge in [0.25, 0.3) is 5.69 Å². The van der Waals surface area contributed by atoms with Crippen LogP contribution in [0.25, 0.3) is 0 Å². The van der Waals surface area contributed by atoms with Gasteiger partial charge in [0, 0.05) is 12.1 Å². The van der Waals surface area contributed by atoms with E-state index in [1.54, 1.807) is 18.2 Å². The Morgan fingerprint density at radius 1 is 1.50 bits per heavy atom. The SMILES string of the molecule is C=CCC(Cc1ccc([N+](=O)[O-])cc1)C(C)OCNC(=O)O. The van der Waals surface area contributed by atoms with Gasteiger partial charge in [-0.2, -0.15) is 0 Å². The van der Waals surface area contributed by atoms with Crippen LogP contribution in [0.2, 0.25) is 0 Å². The predicted molar refractivity (Wildman–Crippen MR) is 81.7 cm³/mol. The number of hydrogen-bond donors (Lipinski definition) is 2. The highest BCUT2D eigenvalue weighted by Crippen LogP contribution is 2.21. The molecule has 0 fully saturated rings. The Hall–Kier alpha value is -2.41. The first-order chi connectivity index (χ1) is 10.4. The summed E-state index contributed by atoms with van der Waals surface area (Å²) in [5.41, 5.74) is 1.01. The largest absolute Gasteiger partial charge is 0.465 e. The average Bonchev–Trinajstić information content (AvgIpc) is 2.46. The second-order valence-electron chi connectivity index (χ2n) is 4.91. The van der Waals surface area contributed by atoms with Gasteiger partial charge in [-0.3, -0.25) is 15.4 Å². The van der Waals surface area contributed by atoms with Crippen LogP contribution in [0.5, 0.6) is 0 Å². The van der Waals surface area contributed by atoms with Crippen LogP contribution >= 0.6 is 0 Å². The molecule has 1 amide bonds. The van der Waals surface area contributed by atoms with Gasteiger partial charge < -0.3 is 9.84 Å². The van der Waals surface area contributed by atoms with E-state index in [4.69, 9.17) is 9.84 Å². The van der Waals surface area contributed by atoms with Crippen LogP contribution in [0.1, 0.15) is 18.9 Å². The fourth-order valence-electron chi connectivity index (χ4n) is 2.08. The summed E-state index contributed by atoms with van der Waals surface area (Å²) in [5.74, 6) is 0.106. The van der Waals surface area contributed by atoms with Crippen LogP contribution in [-0.4, -0.2) is 29.0 Å². The molecule has 0 bridgehead atoms. The smallest absolute Gasteiger partial charge is 0.406 e. The summed E-state index contributed by atoms with van der Waals surface area (Å²) < 4.78 is 5.45. The molecule has 0 spiro atoms. The number of hydrogen-bond acceptors (Lipinski definition) is 4. The summed E-state index contributed by atoms with van der Waals surface area (Å²) in [5, 5.41) is 21.3. The van der Waals surface area contributed by atoms with Gasteiger partial charge in [-0.25, -0.2) is 4.79 Å². The van der Waals surface area contributed by atoms with Crippen molar-refractivity contribution in [3.05, 3.63) is 52.6 Å². The highest BCUT2D eigenvalue weighted by Gasteiger charge is 2.18. The molecule has 1 aromatic rings. The van der Waals surface area contributed by atoms with Gasteiger partial charge in [0.1, 0.15) is 6.73 Å². The number of ether oxygens (including phenoxy) is 1. The van der Waals surface area contributed by atoms with Gasteiger partial charge in [0.15, 0.2) is 0 Å². The van der Waals surface area contributed by atoms with Crippen molar-refractivity contribution in [3.8, 4) is 0 Å². The lowest BCUT2D eigenvalue weighted by molar-refractivity contribution is -0.384. The van der Waals surface area contributed by atoms with Crippen molar-refractivity contribution in [2.45, 2.75) is 25.9 Å². The molecule has 0 radical (unpaired) electrons. The average molecular weight is 308 g/mol. The number of amides is 1. The molecular formula is C15H20N2O5. The zero-order valence-electron chi connectivity index (χ0n) is 12.4. The molecule has 120 valence electrons. The Morgan fingerprint density at radius 2 is 2.14 bits per heavy atom. The topological polar surface area (TPSA) is 102 Å². The van der Waals surface area contributed by atoms with Crippen LogP contribution in [0.4, 0.5) is 10.5 Å². The normalized spacial score (nSPS) is 13.1. The highest BCUT2D eigenvalue weighted by atomic mass is 16.6. The Kier molecular flexibility index (Phi) is 7.04. The molecule has 22 heavy (non-hydrogen) atoms. The van der Waals surface area contributed by atoms with Gasteiger partial charge in [-0.1, -0.05) is 18.2 Å². The summed E-state index contributed by atoms with van der Waals surface area (Å²) in [6.45, 7) is 5.50. The predicted octanol–water partition coefficient (Wildman–Crippen LogP) is 2.96. The molecule has 0 aliphatic rings. The van der Waals surface area contributed by atoms with Crippen LogP contribution < -0.4 is 5.32 Å². The van der Waals surface area contributed by atoms with Gasteiger partial charge in [0.2, 0.25) is 0 Å². The third-order valence-corrected chi connectivity index (χ3v) is 3.35. The number of carboxylic acid groups (broad SMARTS) is 1. The Balaban J connectivity index is 2.63. The number of nitro benzene ring substituents is 1. The van der Waals surface area contributed by atoms with Crippen molar-refractivity contribution in [2.24, 2.45) is 5.92 Å². The fraction of sp³-hybridized carbons (Fsp3) is 0.400. The van der Waals surface area contributed by atoms with Gasteiger partial charge in [-0.15, -0.1) is 6.58 Å². The maximum atomic E-state index is 10.6. The summed E-state index contributed by atoms with van der Waals surface area (Å²) in [6, 6.07) is 6.38. The fourth-order valence-corrected chi connectivity index (χ4v) is 2.08. The number of non-ortho nitro benzene ring substituents is 1. The third kappa shape index (κ3) is 5.92. The minimum atomic E-state index is -1.14. The van der Waals surface area contributed by atoms with E-state index in [-0.39, 0.29) is 24.4 Å². The number of rotatable bonds is 9. The van der Waals surface area contributed by atoms with E-state index in [0.29, 0.717) is 12.8 Å². The van der Waals surface area contributed by atoms with E-state index in [0.717, 1.165) is 5.56 Å². The maximum Gasteiger partial charge on any atom is 0.406 e. The molecular weight excluding hydrogens is 288 g/mol. The Bertz CT molecular complexity index is 515. The zero-order valence-corrected chi connectivity index (χ0v) is 12.4. The summed E-state index contributed by atoms with van der Waals surface area (Å²) in [7, 11) is 0. The number of nitrogens with zero attached hydrogens (tertiary/aromatic N) is 1. The van der Waals surface area contributed by atoms with Crippen molar-refractivity contribution in [1.29, 1.82) is 0 Å². The van der Waals surface area contributed by atoms with Crippen molar-refractivity contribution in [1.82, 2.24) is 5.32 Å². The first-order valence-electron chi connectivity index (χ1n) is 6.86. The van der Waals surface area contributed by atoms with E-state index < -0.39 is 11.0 Å². The van der Waals surface area contributed by atoms with E-state index in [1.807, 2.05) is 6.92 Å². The van der Waals surface area contributed by atoms with Crippen molar-refractivity contribution >= 4 is 11.8 Å². The molecule has 0 aliphatic heterocycles. The monoisotopic (exact) mass is 308 g/mol. The molecule has 2 unspecified atom stereocenters. The lowest BCUT2D eigenvalue weighted by atomic mass is 9.91. The minimum Gasteiger partial charge on any atom is -0.465 e. The molecule has 7 heteroatoms. The number of carbonyl (C=O) groups is 1. The van der Waals surface area contributed by atoms with Crippen LogP contribution in [0, 0.1) is 16.0 Å². The van der Waals surface area contributed by atoms with E-state index in [9.17, 15) is 14.9 Å². The van der Waals surface area contributed by atoms with Crippen LogP contribution in [-0.2, 0) is 11.2 Å². The number of allylic oxidation sites excluding steroid dienone is 1. The molecule has 7 nitrogen and oxygen atoms in total. The van der Waals surface area contributed by atoms with Crippen molar-refractivity contribution < 1.29 is 19.6 Å². The van der Waals surface area contributed by atoms with Crippen LogP contribution in [0.3, 0.4) is 0 Å². The van der Waals surface area contributed by atoms with Crippen molar-refractivity contribution in [2.75, 3.05) is 6.73 Å². The highest BCUT2D eigenvalue weighted by molar-refractivity contribution is 5.64.